The fraction of sp³-hybridized carbons (Fsp3) is 0.500. The van der Waals surface area contributed by atoms with E-state index in [1.54, 1.807) is 0 Å². The van der Waals surface area contributed by atoms with E-state index in [-0.39, 0.29) is 0 Å². The van der Waals surface area contributed by atoms with E-state index in [0.29, 0.717) is 5.54 Å². The first kappa shape index (κ1) is 12.1. The van der Waals surface area contributed by atoms with Crippen LogP contribution in [-0.4, -0.2) is 5.54 Å². The Morgan fingerprint density at radius 3 is 2.05 bits per heavy atom. The van der Waals surface area contributed by atoms with Gasteiger partial charge in [0.25, 0.3) is 0 Å². The number of rotatable bonds is 2. The van der Waals surface area contributed by atoms with Crippen molar-refractivity contribution in [2.45, 2.75) is 44.1 Å². The van der Waals surface area contributed by atoms with Crippen molar-refractivity contribution in [2.75, 3.05) is 5.32 Å². The topological polar surface area (TPSA) is 12.0 Å². The molecule has 0 aliphatic heterocycles. The molecule has 21 heavy (non-hydrogen) atoms. The van der Waals surface area contributed by atoms with Gasteiger partial charge in [0, 0.05) is 11.2 Å². The average Bonchev–Trinajstić information content (AvgIpc) is 2.45. The monoisotopic (exact) mass is 277 g/mol. The first-order valence-corrected chi connectivity index (χ1v) is 8.55. The Morgan fingerprint density at radius 1 is 0.762 bits per heavy atom. The minimum absolute atomic E-state index is 0.414. The predicted molar refractivity (Wildman–Crippen MR) is 88.5 cm³/mol. The number of hydrogen-bond donors (Lipinski definition) is 1. The maximum Gasteiger partial charge on any atom is 0.0381 e. The second kappa shape index (κ2) is 4.25. The largest absolute Gasteiger partial charge is 0.380 e. The lowest BCUT2D eigenvalue weighted by Crippen LogP contribution is -2.54. The van der Waals surface area contributed by atoms with Gasteiger partial charge >= 0.3 is 0 Å². The molecule has 0 aromatic heterocycles. The van der Waals surface area contributed by atoms with Crippen LogP contribution in [0.3, 0.4) is 0 Å². The van der Waals surface area contributed by atoms with Crippen LogP contribution in [0, 0.1) is 17.8 Å². The van der Waals surface area contributed by atoms with Gasteiger partial charge in [-0.3, -0.25) is 0 Å². The third kappa shape index (κ3) is 1.97. The second-order valence-corrected chi connectivity index (χ2v) is 7.88. The lowest BCUT2D eigenvalue weighted by atomic mass is 9.53. The number of fused-ring (bicyclic) bond motifs is 1. The molecule has 4 saturated carbocycles. The van der Waals surface area contributed by atoms with Crippen LogP contribution in [0.5, 0.6) is 0 Å². The van der Waals surface area contributed by atoms with Gasteiger partial charge in [-0.1, -0.05) is 30.3 Å². The van der Waals surface area contributed by atoms with Crippen LogP contribution in [0.25, 0.3) is 10.8 Å². The van der Waals surface area contributed by atoms with E-state index >= 15 is 0 Å². The maximum atomic E-state index is 3.98. The highest BCUT2D eigenvalue weighted by Gasteiger charge is 2.50. The van der Waals surface area contributed by atoms with Gasteiger partial charge < -0.3 is 5.32 Å². The molecule has 0 atom stereocenters. The fourth-order valence-electron chi connectivity index (χ4n) is 5.84. The molecule has 0 unspecified atom stereocenters. The molecular formula is C20H23N. The summed E-state index contributed by atoms with van der Waals surface area (Å²) < 4.78 is 0. The first-order valence-electron chi connectivity index (χ1n) is 8.55. The minimum atomic E-state index is 0.414. The van der Waals surface area contributed by atoms with Crippen molar-refractivity contribution in [1.29, 1.82) is 0 Å². The van der Waals surface area contributed by atoms with Crippen molar-refractivity contribution in [3.63, 3.8) is 0 Å². The van der Waals surface area contributed by atoms with Crippen molar-refractivity contribution in [2.24, 2.45) is 17.8 Å². The van der Waals surface area contributed by atoms with Crippen LogP contribution in [-0.2, 0) is 0 Å². The van der Waals surface area contributed by atoms with Crippen LogP contribution in [0.2, 0.25) is 0 Å². The van der Waals surface area contributed by atoms with Crippen LogP contribution in [0.15, 0.2) is 42.5 Å². The zero-order chi connectivity index (χ0) is 13.9. The maximum absolute atomic E-state index is 3.98. The minimum Gasteiger partial charge on any atom is -0.380 e. The van der Waals surface area contributed by atoms with E-state index in [4.69, 9.17) is 0 Å². The van der Waals surface area contributed by atoms with E-state index in [0.717, 1.165) is 17.8 Å². The van der Waals surface area contributed by atoms with Gasteiger partial charge in [-0.05, 0) is 79.2 Å². The predicted octanol–water partition coefficient (Wildman–Crippen LogP) is 5.22. The van der Waals surface area contributed by atoms with Crippen LogP contribution in [0.4, 0.5) is 5.69 Å². The molecule has 2 aromatic rings. The van der Waals surface area contributed by atoms with Crippen LogP contribution in [0.1, 0.15) is 38.5 Å². The Balaban J connectivity index is 1.48. The summed E-state index contributed by atoms with van der Waals surface area (Å²) >= 11 is 0. The van der Waals surface area contributed by atoms with Gasteiger partial charge in [-0.25, -0.2) is 0 Å². The van der Waals surface area contributed by atoms with Crippen LogP contribution >= 0.6 is 0 Å². The zero-order valence-corrected chi connectivity index (χ0v) is 12.5. The molecule has 108 valence electrons. The molecule has 4 aliphatic carbocycles. The summed E-state index contributed by atoms with van der Waals surface area (Å²) in [5.41, 5.74) is 1.74. The van der Waals surface area contributed by atoms with E-state index in [2.05, 4.69) is 47.8 Å². The lowest BCUT2D eigenvalue weighted by Gasteiger charge is -2.57. The number of nitrogens with one attached hydrogen (secondary N) is 1. The van der Waals surface area contributed by atoms with Gasteiger partial charge in [-0.15, -0.1) is 0 Å². The highest BCUT2D eigenvalue weighted by atomic mass is 15.0. The molecule has 0 heterocycles. The molecular weight excluding hydrogens is 254 g/mol. The van der Waals surface area contributed by atoms with Crippen molar-refractivity contribution in [3.8, 4) is 0 Å². The molecule has 1 heteroatoms. The summed E-state index contributed by atoms with van der Waals surface area (Å²) in [6.45, 7) is 0. The first-order chi connectivity index (χ1) is 10.3. The summed E-state index contributed by atoms with van der Waals surface area (Å²) in [5, 5.41) is 6.67. The third-order valence-corrected chi connectivity index (χ3v) is 6.20. The molecule has 0 spiro atoms. The SMILES string of the molecule is c1ccc2cc(NC34CC5CC(CC(C5)C3)C4)ccc2c1. The smallest absolute Gasteiger partial charge is 0.0381 e. The molecule has 1 nitrogen and oxygen atoms in total. The Hall–Kier alpha value is -1.50. The molecule has 4 bridgehead atoms. The molecule has 0 radical (unpaired) electrons. The highest BCUT2D eigenvalue weighted by molar-refractivity contribution is 5.85. The zero-order valence-electron chi connectivity index (χ0n) is 12.5. The molecule has 4 fully saturated rings. The molecule has 1 N–H and O–H groups in total. The van der Waals surface area contributed by atoms with E-state index in [9.17, 15) is 0 Å². The Bertz CT molecular complexity index is 652. The number of anilines is 1. The highest BCUT2D eigenvalue weighted by Crippen LogP contribution is 2.56. The Morgan fingerprint density at radius 2 is 1.38 bits per heavy atom. The standard InChI is InChI=1S/C20H23N/c1-2-4-18-10-19(6-5-17(18)3-1)21-20-11-14-7-15(12-20)9-16(8-14)13-20/h1-6,10,14-16,21H,7-9,11-13H2. The van der Waals surface area contributed by atoms with E-state index in [1.165, 1.54) is 55.0 Å². The van der Waals surface area contributed by atoms with Gasteiger partial charge in [0.15, 0.2) is 0 Å². The van der Waals surface area contributed by atoms with Gasteiger partial charge in [0.2, 0.25) is 0 Å². The second-order valence-electron chi connectivity index (χ2n) is 7.88. The quantitative estimate of drug-likeness (QED) is 0.793. The fourth-order valence-corrected chi connectivity index (χ4v) is 5.84. The third-order valence-electron chi connectivity index (χ3n) is 6.20. The summed E-state index contributed by atoms with van der Waals surface area (Å²) in [7, 11) is 0. The van der Waals surface area contributed by atoms with Crippen molar-refractivity contribution in [3.05, 3.63) is 42.5 Å². The van der Waals surface area contributed by atoms with Crippen molar-refractivity contribution >= 4 is 16.5 Å². The lowest BCUT2D eigenvalue weighted by molar-refractivity contribution is 0.0107. The van der Waals surface area contributed by atoms with Gasteiger partial charge in [-0.2, -0.15) is 0 Å². The Kier molecular flexibility index (Phi) is 2.45. The van der Waals surface area contributed by atoms with Crippen molar-refractivity contribution < 1.29 is 0 Å². The summed E-state index contributed by atoms with van der Waals surface area (Å²) in [6.07, 6.45) is 8.76. The number of benzene rings is 2. The van der Waals surface area contributed by atoms with Crippen molar-refractivity contribution in [1.82, 2.24) is 0 Å². The van der Waals surface area contributed by atoms with Crippen LogP contribution < -0.4 is 5.32 Å². The molecule has 2 aromatic carbocycles. The molecule has 4 aliphatic rings. The average molecular weight is 277 g/mol. The Labute approximate surface area is 126 Å². The molecule has 0 amide bonds. The number of hydrogen-bond acceptors (Lipinski definition) is 1. The van der Waals surface area contributed by atoms with E-state index < -0.39 is 0 Å². The summed E-state index contributed by atoms with van der Waals surface area (Å²) in [5.74, 6) is 3.01. The molecule has 0 saturated heterocycles. The van der Waals surface area contributed by atoms with Gasteiger partial charge in [0.05, 0.1) is 0 Å². The summed E-state index contributed by atoms with van der Waals surface area (Å²) in [4.78, 5) is 0. The molecule has 6 rings (SSSR count). The summed E-state index contributed by atoms with van der Waals surface area (Å²) in [6, 6.07) is 15.6. The van der Waals surface area contributed by atoms with Gasteiger partial charge in [0.1, 0.15) is 0 Å². The van der Waals surface area contributed by atoms with E-state index in [1.807, 2.05) is 0 Å². The normalized spacial score (nSPS) is 37.0.